The van der Waals surface area contributed by atoms with Crippen molar-refractivity contribution in [3.63, 3.8) is 0 Å². The second-order valence-corrected chi connectivity index (χ2v) is 3.17. The summed E-state index contributed by atoms with van der Waals surface area (Å²) < 4.78 is 0. The highest BCUT2D eigenvalue weighted by Crippen LogP contribution is 2.18. The van der Waals surface area contributed by atoms with Gasteiger partial charge in [-0.3, -0.25) is 4.79 Å². The minimum absolute atomic E-state index is 0.726. The monoisotopic (exact) mass is 177 g/mol. The van der Waals surface area contributed by atoms with Crippen LogP contribution in [0.15, 0.2) is 18.2 Å². The molecule has 13 heavy (non-hydrogen) atoms. The Kier molecular flexibility index (Phi) is 3.50. The van der Waals surface area contributed by atoms with Crippen LogP contribution in [0, 0.1) is 6.92 Å². The standard InChI is InChI=1S/C11H15NO/c1-3-4-10-7-9(2)5-6-11(10)12-8-13/h5-8H,3-4H2,1-2H3,(H,12,13). The number of nitrogens with one attached hydrogen (secondary N) is 1. The van der Waals surface area contributed by atoms with Crippen molar-refractivity contribution in [3.8, 4) is 0 Å². The molecule has 2 nitrogen and oxygen atoms in total. The van der Waals surface area contributed by atoms with Gasteiger partial charge in [-0.2, -0.15) is 0 Å². The van der Waals surface area contributed by atoms with Gasteiger partial charge in [0.2, 0.25) is 6.41 Å². The van der Waals surface area contributed by atoms with Crippen molar-refractivity contribution in [2.75, 3.05) is 5.32 Å². The van der Waals surface area contributed by atoms with Crippen LogP contribution >= 0.6 is 0 Å². The number of rotatable bonds is 4. The summed E-state index contributed by atoms with van der Waals surface area (Å²) >= 11 is 0. The molecule has 0 unspecified atom stereocenters. The summed E-state index contributed by atoms with van der Waals surface area (Å²) in [5, 5.41) is 2.71. The number of carbonyl (C=O) groups is 1. The zero-order valence-corrected chi connectivity index (χ0v) is 8.13. The molecule has 0 aliphatic rings. The molecule has 0 aromatic heterocycles. The van der Waals surface area contributed by atoms with E-state index in [4.69, 9.17) is 0 Å². The molecule has 2 heteroatoms. The van der Waals surface area contributed by atoms with Crippen LogP contribution in [-0.4, -0.2) is 6.41 Å². The quantitative estimate of drug-likeness (QED) is 0.703. The molecule has 1 N–H and O–H groups in total. The summed E-state index contributed by atoms with van der Waals surface area (Å²) in [4.78, 5) is 10.3. The predicted molar refractivity (Wildman–Crippen MR) is 54.9 cm³/mol. The van der Waals surface area contributed by atoms with E-state index in [9.17, 15) is 4.79 Å². The van der Waals surface area contributed by atoms with Crippen molar-refractivity contribution in [2.24, 2.45) is 0 Å². The van der Waals surface area contributed by atoms with Gasteiger partial charge in [-0.05, 0) is 25.0 Å². The normalized spacial score (nSPS) is 9.69. The maximum absolute atomic E-state index is 10.3. The van der Waals surface area contributed by atoms with E-state index in [-0.39, 0.29) is 0 Å². The molecule has 0 radical (unpaired) electrons. The number of aryl methyl sites for hydroxylation is 2. The van der Waals surface area contributed by atoms with Gasteiger partial charge in [-0.25, -0.2) is 0 Å². The van der Waals surface area contributed by atoms with Crippen LogP contribution in [0.4, 0.5) is 5.69 Å². The number of hydrogen-bond donors (Lipinski definition) is 1. The molecule has 0 aliphatic heterocycles. The van der Waals surface area contributed by atoms with E-state index in [1.54, 1.807) is 0 Å². The molecule has 1 rings (SSSR count). The second kappa shape index (κ2) is 4.65. The first-order chi connectivity index (χ1) is 6.27. The maximum Gasteiger partial charge on any atom is 0.211 e. The molecular formula is C11H15NO. The molecule has 0 atom stereocenters. The van der Waals surface area contributed by atoms with Crippen LogP contribution < -0.4 is 5.32 Å². The third-order valence-electron chi connectivity index (χ3n) is 1.99. The van der Waals surface area contributed by atoms with E-state index in [0.29, 0.717) is 0 Å². The highest BCUT2D eigenvalue weighted by atomic mass is 16.1. The SMILES string of the molecule is CCCc1cc(C)ccc1NC=O. The van der Waals surface area contributed by atoms with Crippen molar-refractivity contribution in [2.45, 2.75) is 26.7 Å². The first-order valence-corrected chi connectivity index (χ1v) is 4.57. The minimum atomic E-state index is 0.726. The average Bonchev–Trinajstić information content (AvgIpc) is 2.10. The van der Waals surface area contributed by atoms with Crippen molar-refractivity contribution < 1.29 is 4.79 Å². The fraction of sp³-hybridized carbons (Fsp3) is 0.364. The number of amides is 1. The van der Waals surface area contributed by atoms with Gasteiger partial charge in [-0.1, -0.05) is 31.0 Å². The number of benzene rings is 1. The van der Waals surface area contributed by atoms with Gasteiger partial charge < -0.3 is 5.32 Å². The third kappa shape index (κ3) is 2.58. The number of anilines is 1. The molecule has 0 aliphatic carbocycles. The Morgan fingerprint density at radius 2 is 2.23 bits per heavy atom. The zero-order valence-electron chi connectivity index (χ0n) is 8.13. The largest absolute Gasteiger partial charge is 0.328 e. The fourth-order valence-corrected chi connectivity index (χ4v) is 1.40. The Labute approximate surface area is 79.0 Å². The van der Waals surface area contributed by atoms with Crippen molar-refractivity contribution in [3.05, 3.63) is 29.3 Å². The summed E-state index contributed by atoms with van der Waals surface area (Å²) in [6.07, 6.45) is 2.83. The van der Waals surface area contributed by atoms with Crippen LogP contribution in [0.3, 0.4) is 0 Å². The van der Waals surface area contributed by atoms with E-state index in [1.165, 1.54) is 11.1 Å². The first-order valence-electron chi connectivity index (χ1n) is 4.57. The van der Waals surface area contributed by atoms with Gasteiger partial charge >= 0.3 is 0 Å². The molecule has 1 aromatic carbocycles. The topological polar surface area (TPSA) is 29.1 Å². The summed E-state index contributed by atoms with van der Waals surface area (Å²) in [6.45, 7) is 4.19. The van der Waals surface area contributed by atoms with E-state index in [0.717, 1.165) is 24.9 Å². The van der Waals surface area contributed by atoms with Crippen LogP contribution in [0.5, 0.6) is 0 Å². The summed E-state index contributed by atoms with van der Waals surface area (Å²) in [5.74, 6) is 0. The Hall–Kier alpha value is -1.31. The number of carbonyl (C=O) groups excluding carboxylic acids is 1. The third-order valence-corrected chi connectivity index (χ3v) is 1.99. The smallest absolute Gasteiger partial charge is 0.211 e. The molecule has 0 fully saturated rings. The van der Waals surface area contributed by atoms with E-state index >= 15 is 0 Å². The molecule has 70 valence electrons. The molecule has 0 heterocycles. The zero-order chi connectivity index (χ0) is 9.68. The highest BCUT2D eigenvalue weighted by molar-refractivity contribution is 5.73. The molecule has 1 aromatic rings. The van der Waals surface area contributed by atoms with E-state index < -0.39 is 0 Å². The Morgan fingerprint density at radius 3 is 2.85 bits per heavy atom. The Morgan fingerprint density at radius 1 is 1.46 bits per heavy atom. The van der Waals surface area contributed by atoms with Crippen molar-refractivity contribution in [1.82, 2.24) is 0 Å². The maximum atomic E-state index is 10.3. The number of hydrogen-bond acceptors (Lipinski definition) is 1. The van der Waals surface area contributed by atoms with Crippen LogP contribution in [0.1, 0.15) is 24.5 Å². The van der Waals surface area contributed by atoms with Crippen LogP contribution in [-0.2, 0) is 11.2 Å². The van der Waals surface area contributed by atoms with Crippen molar-refractivity contribution in [1.29, 1.82) is 0 Å². The predicted octanol–water partition coefficient (Wildman–Crippen LogP) is 2.52. The van der Waals surface area contributed by atoms with Gasteiger partial charge in [0.25, 0.3) is 0 Å². The highest BCUT2D eigenvalue weighted by Gasteiger charge is 2.00. The lowest BCUT2D eigenvalue weighted by molar-refractivity contribution is -0.105. The minimum Gasteiger partial charge on any atom is -0.328 e. The molecular weight excluding hydrogens is 162 g/mol. The Balaban J connectivity index is 2.95. The lowest BCUT2D eigenvalue weighted by Crippen LogP contribution is -1.99. The average molecular weight is 177 g/mol. The molecule has 0 spiro atoms. The van der Waals surface area contributed by atoms with Crippen molar-refractivity contribution >= 4 is 12.1 Å². The van der Waals surface area contributed by atoms with Gasteiger partial charge in [0.05, 0.1) is 0 Å². The van der Waals surface area contributed by atoms with Crippen LogP contribution in [0.25, 0.3) is 0 Å². The molecule has 0 bridgehead atoms. The molecule has 0 saturated carbocycles. The van der Waals surface area contributed by atoms with Gasteiger partial charge in [0.1, 0.15) is 0 Å². The van der Waals surface area contributed by atoms with Crippen LogP contribution in [0.2, 0.25) is 0 Å². The van der Waals surface area contributed by atoms with Gasteiger partial charge in [-0.15, -0.1) is 0 Å². The summed E-state index contributed by atoms with van der Waals surface area (Å²) in [6, 6.07) is 6.08. The Bertz CT molecular complexity index is 294. The summed E-state index contributed by atoms with van der Waals surface area (Å²) in [7, 11) is 0. The fourth-order valence-electron chi connectivity index (χ4n) is 1.40. The first kappa shape index (κ1) is 9.78. The second-order valence-electron chi connectivity index (χ2n) is 3.17. The lowest BCUT2D eigenvalue weighted by Gasteiger charge is -2.07. The van der Waals surface area contributed by atoms with Gasteiger partial charge in [0, 0.05) is 5.69 Å². The lowest BCUT2D eigenvalue weighted by atomic mass is 10.1. The van der Waals surface area contributed by atoms with Gasteiger partial charge in [0.15, 0.2) is 0 Å². The summed E-state index contributed by atoms with van der Waals surface area (Å²) in [5.41, 5.74) is 3.39. The molecule has 1 amide bonds. The van der Waals surface area contributed by atoms with E-state index in [1.807, 2.05) is 12.1 Å². The van der Waals surface area contributed by atoms with E-state index in [2.05, 4.69) is 25.2 Å². The molecule has 0 saturated heterocycles.